The molecule has 0 unspecified atom stereocenters. The van der Waals surface area contributed by atoms with Gasteiger partial charge < -0.3 is 5.32 Å². The van der Waals surface area contributed by atoms with Crippen LogP contribution in [0, 0.1) is 11.3 Å². The van der Waals surface area contributed by atoms with Gasteiger partial charge in [-0.2, -0.15) is 5.26 Å². The predicted molar refractivity (Wildman–Crippen MR) is 77.8 cm³/mol. The molecule has 3 nitrogen and oxygen atoms in total. The largest absolute Gasteiger partial charge is 0.380 e. The van der Waals surface area contributed by atoms with Crippen molar-refractivity contribution in [2.24, 2.45) is 0 Å². The average Bonchev–Trinajstić information content (AvgIpc) is 2.41. The van der Waals surface area contributed by atoms with Crippen LogP contribution in [0.1, 0.15) is 11.3 Å². The van der Waals surface area contributed by atoms with Crippen molar-refractivity contribution in [3.63, 3.8) is 0 Å². The first-order chi connectivity index (χ1) is 9.10. The number of pyridine rings is 1. The van der Waals surface area contributed by atoms with E-state index in [0.29, 0.717) is 33.0 Å². The molecule has 0 saturated carbocycles. The molecule has 0 bridgehead atoms. The predicted octanol–water partition coefficient (Wildman–Crippen LogP) is 4.53. The van der Waals surface area contributed by atoms with Crippen molar-refractivity contribution in [1.82, 2.24) is 4.98 Å². The summed E-state index contributed by atoms with van der Waals surface area (Å²) in [5.41, 5.74) is 1.99. The summed E-state index contributed by atoms with van der Waals surface area (Å²) in [4.78, 5) is 3.90. The third kappa shape index (κ3) is 3.51. The normalized spacial score (nSPS) is 10.0. The standard InChI is InChI=1S/C13H8Cl3N3/c14-10-4-12(16)13(5-11(10)15)19-7-8-1-2-18-9(3-8)6-17/h1-5,19H,7H2. The minimum absolute atomic E-state index is 0.375. The first-order valence-corrected chi connectivity index (χ1v) is 6.47. The smallest absolute Gasteiger partial charge is 0.140 e. The molecule has 0 radical (unpaired) electrons. The van der Waals surface area contributed by atoms with Gasteiger partial charge in [-0.25, -0.2) is 4.98 Å². The van der Waals surface area contributed by atoms with Gasteiger partial charge in [0.15, 0.2) is 0 Å². The van der Waals surface area contributed by atoms with Crippen molar-refractivity contribution >= 4 is 40.5 Å². The Kier molecular flexibility index (Phi) is 4.49. The molecule has 0 saturated heterocycles. The van der Waals surface area contributed by atoms with Crippen LogP contribution in [0.4, 0.5) is 5.69 Å². The number of rotatable bonds is 3. The number of aromatic nitrogens is 1. The second-order valence-corrected chi connectivity index (χ2v) is 4.98. The van der Waals surface area contributed by atoms with Gasteiger partial charge in [0.05, 0.1) is 20.8 Å². The number of hydrogen-bond donors (Lipinski definition) is 1. The van der Waals surface area contributed by atoms with Crippen molar-refractivity contribution in [3.8, 4) is 6.07 Å². The number of nitrogens with zero attached hydrogens (tertiary/aromatic N) is 2. The Morgan fingerprint density at radius 1 is 1.11 bits per heavy atom. The maximum absolute atomic E-state index is 8.77. The van der Waals surface area contributed by atoms with Crippen LogP contribution in [0.25, 0.3) is 0 Å². The number of nitrogens with one attached hydrogen (secondary N) is 1. The van der Waals surface area contributed by atoms with Crippen LogP contribution >= 0.6 is 34.8 Å². The highest BCUT2D eigenvalue weighted by molar-refractivity contribution is 6.44. The highest BCUT2D eigenvalue weighted by Gasteiger charge is 2.06. The van der Waals surface area contributed by atoms with Crippen molar-refractivity contribution in [3.05, 3.63) is 56.8 Å². The minimum Gasteiger partial charge on any atom is -0.380 e. The van der Waals surface area contributed by atoms with E-state index in [-0.39, 0.29) is 0 Å². The molecule has 0 spiro atoms. The molecule has 2 aromatic rings. The number of hydrogen-bond acceptors (Lipinski definition) is 3. The van der Waals surface area contributed by atoms with Crippen molar-refractivity contribution in [1.29, 1.82) is 5.26 Å². The van der Waals surface area contributed by atoms with E-state index in [2.05, 4.69) is 10.3 Å². The Hall–Kier alpha value is -1.47. The van der Waals surface area contributed by atoms with E-state index in [4.69, 9.17) is 40.1 Å². The molecule has 2 rings (SSSR count). The fourth-order valence-electron chi connectivity index (χ4n) is 1.50. The number of anilines is 1. The third-order valence-corrected chi connectivity index (χ3v) is 3.47. The second-order valence-electron chi connectivity index (χ2n) is 3.76. The molecule has 19 heavy (non-hydrogen) atoms. The first-order valence-electron chi connectivity index (χ1n) is 5.33. The highest BCUT2D eigenvalue weighted by Crippen LogP contribution is 2.32. The molecular formula is C13H8Cl3N3. The lowest BCUT2D eigenvalue weighted by molar-refractivity contribution is 1.12. The van der Waals surface area contributed by atoms with Crippen molar-refractivity contribution < 1.29 is 0 Å². The topological polar surface area (TPSA) is 48.7 Å². The van der Waals surface area contributed by atoms with Crippen LogP contribution in [0.5, 0.6) is 0 Å². The molecule has 1 N–H and O–H groups in total. The van der Waals surface area contributed by atoms with Crippen LogP contribution < -0.4 is 5.32 Å². The van der Waals surface area contributed by atoms with Crippen LogP contribution in [0.2, 0.25) is 15.1 Å². The third-order valence-electron chi connectivity index (χ3n) is 2.43. The summed E-state index contributed by atoms with van der Waals surface area (Å²) in [6.07, 6.45) is 1.59. The number of nitriles is 1. The van der Waals surface area contributed by atoms with E-state index in [9.17, 15) is 0 Å². The SMILES string of the molecule is N#Cc1cc(CNc2cc(Cl)c(Cl)cc2Cl)ccn1. The van der Waals surface area contributed by atoms with E-state index >= 15 is 0 Å². The fraction of sp³-hybridized carbons (Fsp3) is 0.0769. The summed E-state index contributed by atoms with van der Waals surface area (Å²) in [7, 11) is 0. The first kappa shape index (κ1) is 14.0. The van der Waals surface area contributed by atoms with Gasteiger partial charge in [0, 0.05) is 12.7 Å². The Bertz CT molecular complexity index is 650. The lowest BCUT2D eigenvalue weighted by Gasteiger charge is -2.10. The maximum Gasteiger partial charge on any atom is 0.140 e. The van der Waals surface area contributed by atoms with Crippen LogP contribution in [-0.4, -0.2) is 4.98 Å². The molecule has 1 heterocycles. The van der Waals surface area contributed by atoms with Gasteiger partial charge >= 0.3 is 0 Å². The van der Waals surface area contributed by atoms with E-state index in [1.807, 2.05) is 12.1 Å². The molecule has 0 aliphatic rings. The second kappa shape index (κ2) is 6.12. The molecule has 1 aromatic carbocycles. The zero-order valence-corrected chi connectivity index (χ0v) is 11.9. The monoisotopic (exact) mass is 311 g/mol. The van der Waals surface area contributed by atoms with Gasteiger partial charge in [0.25, 0.3) is 0 Å². The molecule has 6 heteroatoms. The van der Waals surface area contributed by atoms with Crippen LogP contribution in [0.3, 0.4) is 0 Å². The Morgan fingerprint density at radius 2 is 1.84 bits per heavy atom. The van der Waals surface area contributed by atoms with Gasteiger partial charge in [0.2, 0.25) is 0 Å². The van der Waals surface area contributed by atoms with Gasteiger partial charge in [-0.15, -0.1) is 0 Å². The van der Waals surface area contributed by atoms with Crippen molar-refractivity contribution in [2.75, 3.05) is 5.32 Å². The number of benzene rings is 1. The quantitative estimate of drug-likeness (QED) is 0.847. The lowest BCUT2D eigenvalue weighted by Crippen LogP contribution is -2.01. The average molecular weight is 313 g/mol. The minimum atomic E-state index is 0.375. The maximum atomic E-state index is 8.77. The molecule has 96 valence electrons. The van der Waals surface area contributed by atoms with Gasteiger partial charge in [-0.05, 0) is 29.8 Å². The summed E-state index contributed by atoms with van der Waals surface area (Å²) in [6, 6.07) is 8.77. The summed E-state index contributed by atoms with van der Waals surface area (Å²) in [6.45, 7) is 0.509. The summed E-state index contributed by atoms with van der Waals surface area (Å²) in [5.74, 6) is 0. The summed E-state index contributed by atoms with van der Waals surface area (Å²) >= 11 is 17.8. The molecular weight excluding hydrogens is 305 g/mol. The summed E-state index contributed by atoms with van der Waals surface area (Å²) in [5, 5.41) is 13.2. The summed E-state index contributed by atoms with van der Waals surface area (Å²) < 4.78 is 0. The van der Waals surface area contributed by atoms with Gasteiger partial charge in [-0.1, -0.05) is 34.8 Å². The molecule has 0 fully saturated rings. The Labute approximate surface area is 125 Å². The van der Waals surface area contributed by atoms with Gasteiger partial charge in [-0.3, -0.25) is 0 Å². The van der Waals surface area contributed by atoms with Crippen LogP contribution in [-0.2, 0) is 6.54 Å². The molecule has 0 aliphatic carbocycles. The van der Waals surface area contributed by atoms with E-state index in [1.54, 1.807) is 24.4 Å². The van der Waals surface area contributed by atoms with Gasteiger partial charge in [0.1, 0.15) is 11.8 Å². The molecule has 0 aliphatic heterocycles. The van der Waals surface area contributed by atoms with E-state index in [0.717, 1.165) is 5.56 Å². The Morgan fingerprint density at radius 3 is 2.58 bits per heavy atom. The Balaban J connectivity index is 2.14. The van der Waals surface area contributed by atoms with Crippen LogP contribution in [0.15, 0.2) is 30.5 Å². The number of halogens is 3. The van der Waals surface area contributed by atoms with Crippen molar-refractivity contribution in [2.45, 2.75) is 6.54 Å². The molecule has 1 aromatic heterocycles. The lowest BCUT2D eigenvalue weighted by atomic mass is 10.2. The molecule has 0 amide bonds. The van der Waals surface area contributed by atoms with E-state index in [1.165, 1.54) is 0 Å². The highest BCUT2D eigenvalue weighted by atomic mass is 35.5. The zero-order valence-electron chi connectivity index (χ0n) is 9.62. The fourth-order valence-corrected chi connectivity index (χ4v) is 2.11. The van der Waals surface area contributed by atoms with E-state index < -0.39 is 0 Å². The molecule has 0 atom stereocenters. The zero-order chi connectivity index (χ0) is 13.8.